The summed E-state index contributed by atoms with van der Waals surface area (Å²) in [6, 6.07) is 7.00. The fourth-order valence-electron chi connectivity index (χ4n) is 2.86. The molecule has 0 radical (unpaired) electrons. The fraction of sp³-hybridized carbons (Fsp3) is 0.389. The Hall–Kier alpha value is -1.90. The molecule has 3 rings (SSSR count). The number of carbonyl (C=O) groups is 1. The van der Waals surface area contributed by atoms with Gasteiger partial charge in [0.1, 0.15) is 9.97 Å². The highest BCUT2D eigenvalue weighted by atomic mass is 32.2. The average molecular weight is 395 g/mol. The molecule has 3 heterocycles. The van der Waals surface area contributed by atoms with E-state index >= 15 is 0 Å². The van der Waals surface area contributed by atoms with Crippen LogP contribution in [0, 0.1) is 12.8 Å². The number of amides is 1. The Morgan fingerprint density at radius 2 is 2.12 bits per heavy atom. The first-order chi connectivity index (χ1) is 12.4. The Balaban J connectivity index is 1.46. The second-order valence-electron chi connectivity index (χ2n) is 6.33. The van der Waals surface area contributed by atoms with Crippen LogP contribution in [0.4, 0.5) is 0 Å². The van der Waals surface area contributed by atoms with Gasteiger partial charge in [-0.1, -0.05) is 0 Å². The van der Waals surface area contributed by atoms with Crippen LogP contribution < -0.4 is 4.72 Å². The number of likely N-dealkylation sites (tertiary alicyclic amines) is 1. The number of piperidine rings is 1. The molecule has 1 aliphatic rings. The number of nitrogens with one attached hydrogen (secondary N) is 1. The zero-order chi connectivity index (χ0) is 18.6. The molecule has 1 N–H and O–H groups in total. The van der Waals surface area contributed by atoms with Gasteiger partial charge in [-0.2, -0.15) is 0 Å². The third-order valence-electron chi connectivity index (χ3n) is 4.40. The Morgan fingerprint density at radius 3 is 2.73 bits per heavy atom. The van der Waals surface area contributed by atoms with Gasteiger partial charge in [-0.25, -0.2) is 13.1 Å². The number of furan rings is 1. The van der Waals surface area contributed by atoms with E-state index < -0.39 is 10.0 Å². The van der Waals surface area contributed by atoms with Gasteiger partial charge >= 0.3 is 0 Å². The Bertz CT molecular complexity index is 861. The summed E-state index contributed by atoms with van der Waals surface area (Å²) in [5.41, 5.74) is 0. The molecular weight excluding hydrogens is 372 g/mol. The molecule has 0 saturated carbocycles. The third kappa shape index (κ3) is 4.84. The van der Waals surface area contributed by atoms with E-state index in [1.165, 1.54) is 17.4 Å². The van der Waals surface area contributed by atoms with Gasteiger partial charge in [0.25, 0.3) is 0 Å². The first-order valence-corrected chi connectivity index (χ1v) is 10.8. The van der Waals surface area contributed by atoms with Gasteiger partial charge < -0.3 is 9.32 Å². The van der Waals surface area contributed by atoms with Gasteiger partial charge in [0.15, 0.2) is 0 Å². The number of carbonyl (C=O) groups excluding carboxylic acids is 1. The Morgan fingerprint density at radius 1 is 1.35 bits per heavy atom. The van der Waals surface area contributed by atoms with E-state index in [1.807, 2.05) is 6.92 Å². The number of hydrogen-bond donors (Lipinski definition) is 1. The first-order valence-electron chi connectivity index (χ1n) is 8.50. The second-order valence-corrected chi connectivity index (χ2v) is 9.62. The highest BCUT2D eigenvalue weighted by Gasteiger charge is 2.24. The van der Waals surface area contributed by atoms with Crippen LogP contribution in [0.2, 0.25) is 0 Å². The van der Waals surface area contributed by atoms with E-state index in [1.54, 1.807) is 41.5 Å². The number of aryl methyl sites for hydroxylation is 1. The zero-order valence-corrected chi connectivity index (χ0v) is 16.2. The molecule has 8 heteroatoms. The van der Waals surface area contributed by atoms with Crippen LogP contribution in [0.25, 0.3) is 6.08 Å². The van der Waals surface area contributed by atoms with E-state index in [2.05, 4.69) is 4.72 Å². The maximum Gasteiger partial charge on any atom is 0.250 e. The molecular formula is C18H22N2O4S2. The summed E-state index contributed by atoms with van der Waals surface area (Å²) in [6.45, 7) is 3.55. The van der Waals surface area contributed by atoms with Crippen LogP contribution in [0.5, 0.6) is 0 Å². The first kappa shape index (κ1) is 18.9. The second kappa shape index (κ2) is 8.20. The molecule has 2 aromatic heterocycles. The van der Waals surface area contributed by atoms with Crippen molar-refractivity contribution in [2.24, 2.45) is 5.92 Å². The van der Waals surface area contributed by atoms with Gasteiger partial charge in [0.2, 0.25) is 15.9 Å². The molecule has 0 bridgehead atoms. The largest absolute Gasteiger partial charge is 0.465 e. The van der Waals surface area contributed by atoms with Crippen molar-refractivity contribution in [1.29, 1.82) is 0 Å². The zero-order valence-electron chi connectivity index (χ0n) is 14.6. The number of hydrogen-bond acceptors (Lipinski definition) is 5. The van der Waals surface area contributed by atoms with Crippen LogP contribution in [0.15, 0.2) is 45.2 Å². The standard InChI is InChI=1S/C18H22N2O4S2/c1-14-4-7-18(25-14)26(22,23)19-13-15-8-10-20(11-9-15)17(21)6-5-16-3-2-12-24-16/h2-7,12,15,19H,8-11,13H2,1H3/b6-5+. The van der Waals surface area contributed by atoms with Crippen LogP contribution in [0.3, 0.4) is 0 Å². The van der Waals surface area contributed by atoms with Crippen LogP contribution in [-0.4, -0.2) is 38.9 Å². The normalized spacial score (nSPS) is 16.4. The lowest BCUT2D eigenvalue weighted by atomic mass is 9.97. The van der Waals surface area contributed by atoms with E-state index in [4.69, 9.17) is 4.42 Å². The lowest BCUT2D eigenvalue weighted by Crippen LogP contribution is -2.40. The number of thiophene rings is 1. The molecule has 1 saturated heterocycles. The fourth-order valence-corrected chi connectivity index (χ4v) is 5.30. The topological polar surface area (TPSA) is 79.6 Å². The smallest absolute Gasteiger partial charge is 0.250 e. The molecule has 1 fully saturated rings. The molecule has 6 nitrogen and oxygen atoms in total. The molecule has 140 valence electrons. The highest BCUT2D eigenvalue weighted by molar-refractivity contribution is 7.91. The summed E-state index contributed by atoms with van der Waals surface area (Å²) < 4.78 is 32.8. The Labute approximate surface area is 157 Å². The lowest BCUT2D eigenvalue weighted by molar-refractivity contribution is -0.127. The maximum absolute atomic E-state index is 12.3. The predicted molar refractivity (Wildman–Crippen MR) is 101 cm³/mol. The maximum atomic E-state index is 12.3. The minimum absolute atomic E-state index is 0.0468. The molecule has 1 amide bonds. The van der Waals surface area contributed by atoms with Gasteiger partial charge in [-0.05, 0) is 56.0 Å². The van der Waals surface area contributed by atoms with E-state index in [0.29, 0.717) is 29.6 Å². The van der Waals surface area contributed by atoms with E-state index in [0.717, 1.165) is 17.7 Å². The van der Waals surface area contributed by atoms with Crippen molar-refractivity contribution in [3.8, 4) is 0 Å². The summed E-state index contributed by atoms with van der Waals surface area (Å²) in [5, 5.41) is 0. The Kier molecular flexibility index (Phi) is 5.95. The van der Waals surface area contributed by atoms with Crippen molar-refractivity contribution in [2.45, 2.75) is 24.0 Å². The van der Waals surface area contributed by atoms with Crippen molar-refractivity contribution in [1.82, 2.24) is 9.62 Å². The van der Waals surface area contributed by atoms with Crippen LogP contribution >= 0.6 is 11.3 Å². The number of sulfonamides is 1. The van der Waals surface area contributed by atoms with Gasteiger partial charge in [-0.15, -0.1) is 11.3 Å². The molecule has 0 aromatic carbocycles. The molecule has 0 aliphatic carbocycles. The molecule has 2 aromatic rings. The van der Waals surface area contributed by atoms with Crippen molar-refractivity contribution in [3.63, 3.8) is 0 Å². The monoisotopic (exact) mass is 394 g/mol. The molecule has 26 heavy (non-hydrogen) atoms. The van der Waals surface area contributed by atoms with E-state index in [9.17, 15) is 13.2 Å². The predicted octanol–water partition coefficient (Wildman–Crippen LogP) is 2.88. The van der Waals surface area contributed by atoms with Gasteiger partial charge in [0.05, 0.1) is 6.26 Å². The molecule has 0 atom stereocenters. The number of rotatable bonds is 6. The molecule has 0 spiro atoms. The summed E-state index contributed by atoms with van der Waals surface area (Å²) in [4.78, 5) is 14.9. The van der Waals surface area contributed by atoms with Gasteiger partial charge in [-0.3, -0.25) is 4.79 Å². The number of nitrogens with zero attached hydrogens (tertiary/aromatic N) is 1. The lowest BCUT2D eigenvalue weighted by Gasteiger charge is -2.31. The summed E-state index contributed by atoms with van der Waals surface area (Å²) in [6.07, 6.45) is 6.30. The van der Waals surface area contributed by atoms with Gasteiger partial charge in [0, 0.05) is 30.6 Å². The quantitative estimate of drug-likeness (QED) is 0.764. The summed E-state index contributed by atoms with van der Waals surface area (Å²) in [7, 11) is -3.44. The summed E-state index contributed by atoms with van der Waals surface area (Å²) >= 11 is 1.27. The summed E-state index contributed by atoms with van der Waals surface area (Å²) in [5.74, 6) is 0.838. The average Bonchev–Trinajstić information content (AvgIpc) is 3.30. The minimum atomic E-state index is -3.44. The van der Waals surface area contributed by atoms with Crippen molar-refractivity contribution >= 4 is 33.3 Å². The SMILES string of the molecule is Cc1ccc(S(=O)(=O)NCC2CCN(C(=O)/C=C/c3ccco3)CC2)s1. The highest BCUT2D eigenvalue weighted by Crippen LogP contribution is 2.22. The van der Waals surface area contributed by atoms with Crippen molar-refractivity contribution < 1.29 is 17.6 Å². The van der Waals surface area contributed by atoms with Crippen LogP contribution in [-0.2, 0) is 14.8 Å². The van der Waals surface area contributed by atoms with E-state index in [-0.39, 0.29) is 11.8 Å². The minimum Gasteiger partial charge on any atom is -0.465 e. The molecule has 0 unspecified atom stereocenters. The van der Waals surface area contributed by atoms with Crippen LogP contribution in [0.1, 0.15) is 23.5 Å². The van der Waals surface area contributed by atoms with Crippen molar-refractivity contribution in [2.75, 3.05) is 19.6 Å². The van der Waals surface area contributed by atoms with Crippen molar-refractivity contribution in [3.05, 3.63) is 47.2 Å². The third-order valence-corrected chi connectivity index (χ3v) is 7.32. The molecule has 1 aliphatic heterocycles.